The number of hydrogen-bond acceptors (Lipinski definition) is 7. The normalized spacial score (nSPS) is 21.3. The molecule has 0 bridgehead atoms. The molecular formula is C17H26N2O7S3. The SMILES string of the molecule is CS(=O)(=O)N1CCN(S(=O)(=O)c2ccc(S(=O)(=O)CC3CCOCC3)cc2)CC1. The van der Waals surface area contributed by atoms with Crippen molar-refractivity contribution in [2.24, 2.45) is 5.92 Å². The zero-order valence-corrected chi connectivity index (χ0v) is 18.7. The molecule has 0 N–H and O–H groups in total. The number of piperazine rings is 1. The molecule has 1 aromatic rings. The molecule has 3 rings (SSSR count). The second kappa shape index (κ2) is 8.60. The van der Waals surface area contributed by atoms with Crippen molar-refractivity contribution in [3.8, 4) is 0 Å². The molecule has 0 atom stereocenters. The smallest absolute Gasteiger partial charge is 0.243 e. The van der Waals surface area contributed by atoms with Gasteiger partial charge in [-0.1, -0.05) is 0 Å². The van der Waals surface area contributed by atoms with E-state index in [-0.39, 0.29) is 47.6 Å². The van der Waals surface area contributed by atoms with Gasteiger partial charge in [-0.25, -0.2) is 25.3 Å². The van der Waals surface area contributed by atoms with Crippen molar-refractivity contribution in [3.05, 3.63) is 24.3 Å². The Labute approximate surface area is 172 Å². The van der Waals surface area contributed by atoms with Gasteiger partial charge in [0.2, 0.25) is 20.0 Å². The zero-order valence-electron chi connectivity index (χ0n) is 16.2. The summed E-state index contributed by atoms with van der Waals surface area (Å²) in [4.78, 5) is 0.0974. The van der Waals surface area contributed by atoms with E-state index in [1.807, 2.05) is 0 Å². The molecule has 2 aliphatic rings. The van der Waals surface area contributed by atoms with Crippen molar-refractivity contribution in [1.29, 1.82) is 0 Å². The summed E-state index contributed by atoms with van der Waals surface area (Å²) in [6.45, 7) is 1.41. The first-order valence-electron chi connectivity index (χ1n) is 9.36. The lowest BCUT2D eigenvalue weighted by Gasteiger charge is -2.32. The maximum atomic E-state index is 12.8. The van der Waals surface area contributed by atoms with E-state index in [4.69, 9.17) is 4.74 Å². The molecule has 0 unspecified atom stereocenters. The molecule has 164 valence electrons. The lowest BCUT2D eigenvalue weighted by molar-refractivity contribution is 0.0723. The summed E-state index contributed by atoms with van der Waals surface area (Å²) in [5.74, 6) is 0.0684. The Morgan fingerprint density at radius 3 is 1.83 bits per heavy atom. The molecule has 9 nitrogen and oxygen atoms in total. The molecule has 12 heteroatoms. The molecule has 0 saturated carbocycles. The van der Waals surface area contributed by atoms with Crippen molar-refractivity contribution in [1.82, 2.24) is 8.61 Å². The molecule has 2 fully saturated rings. The minimum Gasteiger partial charge on any atom is -0.381 e. The number of sulfonamides is 2. The number of benzene rings is 1. The molecule has 2 saturated heterocycles. The first-order valence-corrected chi connectivity index (χ1v) is 14.3. The first-order chi connectivity index (χ1) is 13.5. The molecule has 0 amide bonds. The molecule has 0 spiro atoms. The van der Waals surface area contributed by atoms with E-state index in [0.29, 0.717) is 26.1 Å². The van der Waals surface area contributed by atoms with Crippen LogP contribution in [0.25, 0.3) is 0 Å². The van der Waals surface area contributed by atoms with Crippen LogP contribution in [0, 0.1) is 5.92 Å². The Morgan fingerprint density at radius 2 is 1.31 bits per heavy atom. The van der Waals surface area contributed by atoms with Crippen LogP contribution in [0.5, 0.6) is 0 Å². The zero-order chi connectivity index (χ0) is 21.3. The Hall–Kier alpha value is -1.05. The fraction of sp³-hybridized carbons (Fsp3) is 0.647. The van der Waals surface area contributed by atoms with Gasteiger partial charge in [0.15, 0.2) is 9.84 Å². The average molecular weight is 467 g/mol. The van der Waals surface area contributed by atoms with Gasteiger partial charge in [-0.05, 0) is 43.0 Å². The van der Waals surface area contributed by atoms with Crippen LogP contribution in [0.15, 0.2) is 34.1 Å². The maximum Gasteiger partial charge on any atom is 0.243 e. The van der Waals surface area contributed by atoms with Crippen molar-refractivity contribution in [2.75, 3.05) is 51.4 Å². The van der Waals surface area contributed by atoms with Gasteiger partial charge >= 0.3 is 0 Å². The summed E-state index contributed by atoms with van der Waals surface area (Å²) in [5.41, 5.74) is 0. The number of rotatable bonds is 6. The van der Waals surface area contributed by atoms with Crippen molar-refractivity contribution < 1.29 is 30.0 Å². The van der Waals surface area contributed by atoms with E-state index in [2.05, 4.69) is 0 Å². The van der Waals surface area contributed by atoms with Gasteiger partial charge in [-0.3, -0.25) is 0 Å². The van der Waals surface area contributed by atoms with Gasteiger partial charge in [0.1, 0.15) is 0 Å². The van der Waals surface area contributed by atoms with Crippen LogP contribution in [0.1, 0.15) is 12.8 Å². The van der Waals surface area contributed by atoms with E-state index in [1.165, 1.54) is 32.9 Å². The molecule has 0 radical (unpaired) electrons. The van der Waals surface area contributed by atoms with E-state index in [0.717, 1.165) is 6.26 Å². The monoisotopic (exact) mass is 466 g/mol. The van der Waals surface area contributed by atoms with Crippen LogP contribution in [0.3, 0.4) is 0 Å². The predicted molar refractivity (Wildman–Crippen MR) is 107 cm³/mol. The lowest BCUT2D eigenvalue weighted by atomic mass is 10.0. The van der Waals surface area contributed by atoms with Gasteiger partial charge in [0.25, 0.3) is 0 Å². The fourth-order valence-corrected chi connectivity index (χ4v) is 7.48. The standard InChI is InChI=1S/C17H26N2O7S3/c1-27(20,21)18-8-10-19(11-9-18)29(24,25)17-4-2-16(3-5-17)28(22,23)14-15-6-12-26-13-7-15/h2-5,15H,6-14H2,1H3. The number of sulfone groups is 1. The summed E-state index contributed by atoms with van der Waals surface area (Å²) in [5, 5.41) is 0. The highest BCUT2D eigenvalue weighted by Crippen LogP contribution is 2.24. The Kier molecular flexibility index (Phi) is 6.71. The van der Waals surface area contributed by atoms with E-state index < -0.39 is 29.9 Å². The van der Waals surface area contributed by atoms with Crippen LogP contribution in [0.2, 0.25) is 0 Å². The molecular weight excluding hydrogens is 440 g/mol. The summed E-state index contributed by atoms with van der Waals surface area (Å²) in [7, 11) is -10.7. The summed E-state index contributed by atoms with van der Waals surface area (Å²) in [6, 6.07) is 5.26. The Balaban J connectivity index is 1.70. The van der Waals surface area contributed by atoms with Crippen LogP contribution in [-0.2, 0) is 34.6 Å². The fourth-order valence-electron chi connectivity index (χ4n) is 3.53. The molecule has 2 aliphatic heterocycles. The highest BCUT2D eigenvalue weighted by molar-refractivity contribution is 7.91. The molecule has 2 heterocycles. The van der Waals surface area contributed by atoms with E-state index in [9.17, 15) is 25.3 Å². The van der Waals surface area contributed by atoms with Crippen LogP contribution in [-0.4, -0.2) is 85.3 Å². The highest BCUT2D eigenvalue weighted by Gasteiger charge is 2.31. The van der Waals surface area contributed by atoms with E-state index in [1.54, 1.807) is 0 Å². The third kappa shape index (κ3) is 5.36. The van der Waals surface area contributed by atoms with Gasteiger partial charge in [-0.2, -0.15) is 8.61 Å². The molecule has 29 heavy (non-hydrogen) atoms. The second-order valence-corrected chi connectivity index (χ2v) is 13.3. The van der Waals surface area contributed by atoms with Crippen LogP contribution >= 0.6 is 0 Å². The maximum absolute atomic E-state index is 12.8. The first kappa shape index (κ1) is 22.6. The minimum absolute atomic E-state index is 0.00433. The topological polar surface area (TPSA) is 118 Å². The number of ether oxygens (including phenoxy) is 1. The third-order valence-electron chi connectivity index (χ3n) is 5.28. The van der Waals surface area contributed by atoms with Gasteiger partial charge in [0, 0.05) is 39.4 Å². The van der Waals surface area contributed by atoms with Gasteiger partial charge in [-0.15, -0.1) is 0 Å². The molecule has 0 aliphatic carbocycles. The quantitative estimate of drug-likeness (QED) is 0.586. The number of nitrogens with zero attached hydrogens (tertiary/aromatic N) is 2. The van der Waals surface area contributed by atoms with Gasteiger partial charge in [0.05, 0.1) is 21.8 Å². The van der Waals surface area contributed by atoms with Gasteiger partial charge < -0.3 is 4.74 Å². The summed E-state index contributed by atoms with van der Waals surface area (Å²) < 4.78 is 81.8. The number of hydrogen-bond donors (Lipinski definition) is 0. The van der Waals surface area contributed by atoms with Crippen molar-refractivity contribution >= 4 is 29.9 Å². The summed E-state index contributed by atoms with van der Waals surface area (Å²) in [6.07, 6.45) is 2.49. The Bertz CT molecular complexity index is 1020. The van der Waals surface area contributed by atoms with Crippen LogP contribution < -0.4 is 0 Å². The van der Waals surface area contributed by atoms with Crippen LogP contribution in [0.4, 0.5) is 0 Å². The molecule has 0 aromatic heterocycles. The minimum atomic E-state index is -3.82. The Morgan fingerprint density at radius 1 is 0.828 bits per heavy atom. The largest absolute Gasteiger partial charge is 0.381 e. The predicted octanol–water partition coefficient (Wildman–Crippen LogP) is 0.153. The molecule has 1 aromatic carbocycles. The third-order valence-corrected chi connectivity index (χ3v) is 10.4. The lowest BCUT2D eigenvalue weighted by Crippen LogP contribution is -2.50. The average Bonchev–Trinajstić information content (AvgIpc) is 2.68. The highest BCUT2D eigenvalue weighted by atomic mass is 32.2. The van der Waals surface area contributed by atoms with Crippen molar-refractivity contribution in [2.45, 2.75) is 22.6 Å². The van der Waals surface area contributed by atoms with Crippen molar-refractivity contribution in [3.63, 3.8) is 0 Å². The second-order valence-electron chi connectivity index (χ2n) is 7.37. The summed E-state index contributed by atoms with van der Waals surface area (Å²) >= 11 is 0. The van der Waals surface area contributed by atoms with E-state index >= 15 is 0 Å².